The smallest absolute Gasteiger partial charge is 0.0991 e. The van der Waals surface area contributed by atoms with Crippen LogP contribution in [0, 0.1) is 11.3 Å². The van der Waals surface area contributed by atoms with Gasteiger partial charge in [-0.15, -0.1) is 0 Å². The number of nitrogens with one attached hydrogen (secondary N) is 1. The van der Waals surface area contributed by atoms with E-state index in [4.69, 9.17) is 23.2 Å². The summed E-state index contributed by atoms with van der Waals surface area (Å²) in [5, 5.41) is 10.7. The average molecular weight is 427 g/mol. The van der Waals surface area contributed by atoms with Crippen LogP contribution in [0.25, 0.3) is 0 Å². The van der Waals surface area contributed by atoms with Gasteiger partial charge in [0.2, 0.25) is 0 Å². The Labute approximate surface area is 180 Å². The number of benzene rings is 3. The fourth-order valence-corrected chi connectivity index (χ4v) is 3.98. The highest BCUT2D eigenvalue weighted by Gasteiger charge is 2.13. The molecule has 0 aromatic heterocycles. The van der Waals surface area contributed by atoms with Gasteiger partial charge in [-0.1, -0.05) is 71.5 Å². The molecule has 0 saturated carbocycles. The maximum absolute atomic E-state index is 9.23. The number of halogens is 2. The lowest BCUT2D eigenvalue weighted by Crippen LogP contribution is -2.18. The van der Waals surface area contributed by atoms with Crippen molar-refractivity contribution in [3.63, 3.8) is 0 Å². The zero-order valence-electron chi connectivity index (χ0n) is 15.2. The number of nitriles is 1. The van der Waals surface area contributed by atoms with Gasteiger partial charge in [0, 0.05) is 28.3 Å². The molecule has 0 fully saturated rings. The van der Waals surface area contributed by atoms with Gasteiger partial charge < -0.3 is 0 Å². The van der Waals surface area contributed by atoms with Crippen LogP contribution in [0.2, 0.25) is 10.0 Å². The Balaban J connectivity index is 1.65. The summed E-state index contributed by atoms with van der Waals surface area (Å²) in [7, 11) is 0. The molecule has 3 rings (SSSR count). The summed E-state index contributed by atoms with van der Waals surface area (Å²) in [5.74, 6) is 1.12. The van der Waals surface area contributed by atoms with Gasteiger partial charge in [-0.05, 0) is 59.5 Å². The zero-order chi connectivity index (χ0) is 19.8. The molecule has 1 unspecified atom stereocenters. The first kappa shape index (κ1) is 20.8. The number of hydrogen-bond donors (Lipinski definition) is 1. The first-order chi connectivity index (χ1) is 13.6. The quantitative estimate of drug-likeness (QED) is 0.324. The SMILES string of the molecule is N#Cc1cccc(C(CNSCc2ccc(Cl)cc2)Cc2ccc(Cl)cc2)c1. The minimum Gasteiger partial charge on any atom is -0.263 e. The number of nitrogens with zero attached hydrogens (tertiary/aromatic N) is 1. The highest BCUT2D eigenvalue weighted by molar-refractivity contribution is 7.96. The van der Waals surface area contributed by atoms with Crippen LogP contribution in [-0.2, 0) is 12.2 Å². The zero-order valence-corrected chi connectivity index (χ0v) is 17.6. The van der Waals surface area contributed by atoms with Crippen LogP contribution >= 0.6 is 35.1 Å². The molecule has 0 aliphatic carbocycles. The lowest BCUT2D eigenvalue weighted by Gasteiger charge is -2.18. The third kappa shape index (κ3) is 6.29. The highest BCUT2D eigenvalue weighted by Crippen LogP contribution is 2.24. The molecule has 2 nitrogen and oxygen atoms in total. The normalized spacial score (nSPS) is 11.8. The van der Waals surface area contributed by atoms with E-state index in [0.717, 1.165) is 34.3 Å². The number of hydrogen-bond acceptors (Lipinski definition) is 3. The Bertz CT molecular complexity index is 934. The van der Waals surface area contributed by atoms with E-state index in [-0.39, 0.29) is 5.92 Å². The predicted molar refractivity (Wildman–Crippen MR) is 120 cm³/mol. The fourth-order valence-electron chi connectivity index (χ4n) is 2.95. The van der Waals surface area contributed by atoms with Gasteiger partial charge in [0.15, 0.2) is 0 Å². The Hall–Kier alpha value is -1.96. The lowest BCUT2D eigenvalue weighted by molar-refractivity contribution is 0.671. The second-order valence-corrected chi connectivity index (χ2v) is 8.27. The molecule has 0 amide bonds. The van der Waals surface area contributed by atoms with Gasteiger partial charge in [-0.2, -0.15) is 5.26 Å². The minimum atomic E-state index is 0.257. The average Bonchev–Trinajstić information content (AvgIpc) is 2.73. The van der Waals surface area contributed by atoms with Crippen LogP contribution in [0.1, 0.15) is 28.2 Å². The van der Waals surface area contributed by atoms with Gasteiger partial charge in [-0.3, -0.25) is 4.72 Å². The molecule has 0 radical (unpaired) electrons. The van der Waals surface area contributed by atoms with Gasteiger partial charge in [0.25, 0.3) is 0 Å². The summed E-state index contributed by atoms with van der Waals surface area (Å²) in [6, 6.07) is 25.9. The minimum absolute atomic E-state index is 0.257. The Morgan fingerprint density at radius 3 is 2.18 bits per heavy atom. The molecule has 0 aliphatic heterocycles. The van der Waals surface area contributed by atoms with Crippen LogP contribution in [-0.4, -0.2) is 6.54 Å². The molecule has 0 bridgehead atoms. The van der Waals surface area contributed by atoms with Crippen molar-refractivity contribution < 1.29 is 0 Å². The van der Waals surface area contributed by atoms with Crippen LogP contribution in [0.3, 0.4) is 0 Å². The molecule has 3 aromatic rings. The molecule has 0 aliphatic rings. The van der Waals surface area contributed by atoms with Crippen molar-refractivity contribution in [1.82, 2.24) is 4.72 Å². The molecule has 142 valence electrons. The van der Waals surface area contributed by atoms with Crippen molar-refractivity contribution in [3.05, 3.63) is 105 Å². The predicted octanol–water partition coefficient (Wildman–Crippen LogP) is 6.63. The van der Waals surface area contributed by atoms with E-state index >= 15 is 0 Å². The van der Waals surface area contributed by atoms with Gasteiger partial charge in [-0.25, -0.2) is 0 Å². The third-order valence-electron chi connectivity index (χ3n) is 4.47. The standard InChI is InChI=1S/C23H20Cl2N2S/c24-22-8-4-17(5-9-22)12-21(20-3-1-2-19(13-20)14-26)15-27-28-16-18-6-10-23(25)11-7-18/h1-11,13,21,27H,12,15-16H2. The van der Waals surface area contributed by atoms with Gasteiger partial charge >= 0.3 is 0 Å². The summed E-state index contributed by atoms with van der Waals surface area (Å²) in [6.45, 7) is 0.801. The molecule has 28 heavy (non-hydrogen) atoms. The summed E-state index contributed by atoms with van der Waals surface area (Å²) in [6.07, 6.45) is 0.876. The molecule has 3 aromatic carbocycles. The second-order valence-electron chi connectivity index (χ2n) is 6.53. The number of rotatable bonds is 8. The van der Waals surface area contributed by atoms with E-state index in [1.807, 2.05) is 54.6 Å². The van der Waals surface area contributed by atoms with Gasteiger partial charge in [0.1, 0.15) is 0 Å². The topological polar surface area (TPSA) is 35.8 Å². The van der Waals surface area contributed by atoms with E-state index in [2.05, 4.69) is 29.0 Å². The third-order valence-corrected chi connectivity index (χ3v) is 5.82. The van der Waals surface area contributed by atoms with E-state index in [1.54, 1.807) is 11.9 Å². The molecule has 1 atom stereocenters. The molecule has 0 spiro atoms. The van der Waals surface area contributed by atoms with Crippen molar-refractivity contribution in [2.24, 2.45) is 0 Å². The van der Waals surface area contributed by atoms with E-state index in [1.165, 1.54) is 11.1 Å². The Morgan fingerprint density at radius 1 is 0.893 bits per heavy atom. The molecule has 0 saturated heterocycles. The van der Waals surface area contributed by atoms with Crippen molar-refractivity contribution in [2.75, 3.05) is 6.54 Å². The largest absolute Gasteiger partial charge is 0.263 e. The van der Waals surface area contributed by atoms with Crippen molar-refractivity contribution >= 4 is 35.1 Å². The first-order valence-corrected chi connectivity index (χ1v) is 10.7. The molecule has 1 N–H and O–H groups in total. The molecular weight excluding hydrogens is 407 g/mol. The maximum atomic E-state index is 9.23. The maximum Gasteiger partial charge on any atom is 0.0991 e. The van der Waals surface area contributed by atoms with Crippen molar-refractivity contribution in [1.29, 1.82) is 5.26 Å². The highest BCUT2D eigenvalue weighted by atomic mass is 35.5. The van der Waals surface area contributed by atoms with Crippen LogP contribution in [0.4, 0.5) is 0 Å². The second kappa shape index (κ2) is 10.5. The van der Waals surface area contributed by atoms with E-state index in [9.17, 15) is 5.26 Å². The van der Waals surface area contributed by atoms with E-state index in [0.29, 0.717) is 5.56 Å². The summed E-state index contributed by atoms with van der Waals surface area (Å²) in [4.78, 5) is 0. The Kier molecular flexibility index (Phi) is 7.82. The first-order valence-electron chi connectivity index (χ1n) is 8.97. The summed E-state index contributed by atoms with van der Waals surface area (Å²) >= 11 is 13.6. The van der Waals surface area contributed by atoms with Crippen LogP contribution < -0.4 is 4.72 Å². The van der Waals surface area contributed by atoms with Crippen LogP contribution in [0.15, 0.2) is 72.8 Å². The monoisotopic (exact) mass is 426 g/mol. The van der Waals surface area contributed by atoms with Crippen molar-refractivity contribution in [2.45, 2.75) is 18.1 Å². The summed E-state index contributed by atoms with van der Waals surface area (Å²) < 4.78 is 3.49. The molecular formula is C23H20Cl2N2S. The van der Waals surface area contributed by atoms with Gasteiger partial charge in [0.05, 0.1) is 11.6 Å². The molecule has 5 heteroatoms. The fraction of sp³-hybridized carbons (Fsp3) is 0.174. The van der Waals surface area contributed by atoms with Crippen molar-refractivity contribution in [3.8, 4) is 6.07 Å². The lowest BCUT2D eigenvalue weighted by atomic mass is 9.91. The van der Waals surface area contributed by atoms with Crippen LogP contribution in [0.5, 0.6) is 0 Å². The summed E-state index contributed by atoms with van der Waals surface area (Å²) in [5.41, 5.74) is 4.30. The Morgan fingerprint density at radius 2 is 1.54 bits per heavy atom. The molecule has 0 heterocycles. The van der Waals surface area contributed by atoms with E-state index < -0.39 is 0 Å².